The van der Waals surface area contributed by atoms with E-state index in [9.17, 15) is 0 Å². The summed E-state index contributed by atoms with van der Waals surface area (Å²) >= 11 is 0. The van der Waals surface area contributed by atoms with Crippen molar-refractivity contribution in [1.82, 2.24) is 19.9 Å². The molecule has 0 N–H and O–H groups in total. The fourth-order valence-electron chi connectivity index (χ4n) is 13.5. The van der Waals surface area contributed by atoms with E-state index in [1.165, 1.54) is 43.1 Å². The zero-order valence-corrected chi connectivity index (χ0v) is 50.8. The number of oxazole rings is 2. The maximum absolute atomic E-state index is 6.87. The highest BCUT2D eigenvalue weighted by molar-refractivity contribution is 6.05. The Bertz CT molecular complexity index is 5720. The Morgan fingerprint density at radius 3 is 0.915 bits per heavy atom. The average molecular weight is 1200 g/mol. The summed E-state index contributed by atoms with van der Waals surface area (Å²) in [5.74, 6) is 1.14. The van der Waals surface area contributed by atoms with Crippen LogP contribution in [-0.4, -0.2) is 19.9 Å². The second-order valence-electron chi connectivity index (χ2n) is 24.1. The number of aromatic nitrogens is 4. The van der Waals surface area contributed by atoms with Crippen LogP contribution in [0.1, 0.15) is 0 Å². The molecule has 4 heterocycles. The molecule has 438 valence electrons. The highest BCUT2D eigenvalue weighted by Crippen LogP contribution is 2.43. The van der Waals surface area contributed by atoms with Crippen LogP contribution in [0.15, 0.2) is 337 Å². The van der Waals surface area contributed by atoms with Crippen LogP contribution in [0, 0.1) is 0 Å². The van der Waals surface area contributed by atoms with Gasteiger partial charge in [-0.3, -0.25) is 4.98 Å². The van der Waals surface area contributed by atoms with Crippen molar-refractivity contribution in [2.45, 2.75) is 0 Å². The first-order valence-electron chi connectivity index (χ1n) is 31.7. The van der Waals surface area contributed by atoms with Crippen molar-refractivity contribution < 1.29 is 8.83 Å². The SMILES string of the molecule is c1ccc(-c2ccc(-c3ccc(-c4ccc(-c5nc6c(-c7ccc8ccccc8c7)ccc(-c7ccc8ccccc8c7)c6o5)cc4)cc3)c(-c3ccc(-c4ccc(-c5nc6c(-c7ccc8ccccc8c7)ccc(-c7ccc8ccccc8c7)c6o5)cc4)cc3)n2)nc1. The molecule has 0 atom stereocenters. The Morgan fingerprint density at radius 1 is 0.202 bits per heavy atom. The summed E-state index contributed by atoms with van der Waals surface area (Å²) in [5.41, 5.74) is 23.3. The second-order valence-corrected chi connectivity index (χ2v) is 24.1. The molecule has 0 unspecified atom stereocenters. The van der Waals surface area contributed by atoms with Gasteiger partial charge in [0.2, 0.25) is 11.8 Å². The van der Waals surface area contributed by atoms with Gasteiger partial charge < -0.3 is 8.83 Å². The van der Waals surface area contributed by atoms with Crippen LogP contribution >= 0.6 is 0 Å². The van der Waals surface area contributed by atoms with Gasteiger partial charge in [-0.25, -0.2) is 15.0 Å². The number of fused-ring (bicyclic) bond motifs is 6. The number of nitrogens with zero attached hydrogens (tertiary/aromatic N) is 4. The predicted octanol–water partition coefficient (Wildman–Crippen LogP) is 23.7. The van der Waals surface area contributed by atoms with Crippen molar-refractivity contribution in [3.8, 4) is 123 Å². The van der Waals surface area contributed by atoms with Gasteiger partial charge in [-0.05, 0) is 178 Å². The summed E-state index contributed by atoms with van der Waals surface area (Å²) in [6.45, 7) is 0. The molecular weight excluding hydrogens is 1140 g/mol. The van der Waals surface area contributed by atoms with E-state index < -0.39 is 0 Å². The largest absolute Gasteiger partial charge is 0.435 e. The summed E-state index contributed by atoms with van der Waals surface area (Å²) in [5, 5.41) is 9.50. The van der Waals surface area contributed by atoms with Crippen molar-refractivity contribution in [3.63, 3.8) is 0 Å². The van der Waals surface area contributed by atoms with Crippen molar-refractivity contribution in [1.29, 1.82) is 0 Å². The van der Waals surface area contributed by atoms with E-state index >= 15 is 0 Å². The first-order valence-corrected chi connectivity index (χ1v) is 31.7. The van der Waals surface area contributed by atoms with Crippen molar-refractivity contribution in [2.24, 2.45) is 0 Å². The molecule has 0 amide bonds. The molecule has 4 aromatic heterocycles. The van der Waals surface area contributed by atoms with Crippen LogP contribution in [0.25, 0.3) is 189 Å². The lowest BCUT2D eigenvalue weighted by atomic mass is 9.95. The smallest absolute Gasteiger partial charge is 0.227 e. The molecule has 0 radical (unpaired) electrons. The van der Waals surface area contributed by atoms with Crippen molar-refractivity contribution in [3.05, 3.63) is 328 Å². The van der Waals surface area contributed by atoms with Gasteiger partial charge in [0, 0.05) is 50.7 Å². The molecule has 0 aliphatic heterocycles. The Labute approximate surface area is 542 Å². The average Bonchev–Trinajstić information content (AvgIpc) is 1.58. The van der Waals surface area contributed by atoms with Crippen molar-refractivity contribution in [2.75, 3.05) is 0 Å². The fourth-order valence-corrected chi connectivity index (χ4v) is 13.5. The van der Waals surface area contributed by atoms with Gasteiger partial charge in [-0.1, -0.05) is 237 Å². The zero-order chi connectivity index (χ0) is 62.1. The molecule has 0 aliphatic carbocycles. The Balaban J connectivity index is 0.642. The quantitative estimate of drug-likeness (QED) is 0.128. The minimum absolute atomic E-state index is 0.570. The van der Waals surface area contributed by atoms with Gasteiger partial charge in [0.05, 0.1) is 17.1 Å². The molecule has 0 saturated carbocycles. The molecule has 0 saturated heterocycles. The molecule has 94 heavy (non-hydrogen) atoms. The van der Waals surface area contributed by atoms with Crippen LogP contribution in [0.3, 0.4) is 0 Å². The standard InChI is InChI=1S/C88H54N4O2/c1-5-15-67-51-71(40-28-55(67)11-1)76-44-46-78(73-42-30-57-13-3-7-17-69(57)53-73)85-83(76)91-87(93-85)65-36-24-61(25-37-65)59-20-32-63(33-21-59)75-48-49-81(80-19-9-10-50-89-80)90-82(75)64-34-22-60(23-35-64)62-26-38-66(39-27-62)88-92-84-77(72-41-29-56-12-2-6-16-68(56)52-72)45-47-79(86(84)94-88)74-43-31-58-14-4-8-18-70(58)54-74/h1-54H. The maximum atomic E-state index is 6.87. The molecule has 0 bridgehead atoms. The van der Waals surface area contributed by atoms with E-state index in [-0.39, 0.29) is 0 Å². The maximum Gasteiger partial charge on any atom is 0.227 e. The van der Waals surface area contributed by atoms with Crippen LogP contribution in [0.2, 0.25) is 0 Å². The van der Waals surface area contributed by atoms with E-state index in [1.54, 1.807) is 0 Å². The van der Waals surface area contributed by atoms with Gasteiger partial charge in [0.15, 0.2) is 11.2 Å². The molecule has 14 aromatic carbocycles. The number of pyridine rings is 2. The number of hydrogen-bond donors (Lipinski definition) is 0. The molecule has 18 aromatic rings. The summed E-state index contributed by atoms with van der Waals surface area (Å²) in [4.78, 5) is 20.6. The van der Waals surface area contributed by atoms with E-state index in [0.29, 0.717) is 11.8 Å². The Kier molecular flexibility index (Phi) is 13.1. The van der Waals surface area contributed by atoms with Gasteiger partial charge in [-0.2, -0.15) is 0 Å². The van der Waals surface area contributed by atoms with Crippen LogP contribution in [0.5, 0.6) is 0 Å². The molecule has 6 heteroatoms. The Hall–Kier alpha value is -12.6. The van der Waals surface area contributed by atoms with E-state index in [4.69, 9.17) is 23.8 Å². The summed E-state index contributed by atoms with van der Waals surface area (Å²) in [7, 11) is 0. The molecule has 0 spiro atoms. The highest BCUT2D eigenvalue weighted by Gasteiger charge is 2.22. The van der Waals surface area contributed by atoms with Crippen LogP contribution < -0.4 is 0 Å². The van der Waals surface area contributed by atoms with E-state index in [2.05, 4.69) is 308 Å². The highest BCUT2D eigenvalue weighted by atomic mass is 16.4. The van der Waals surface area contributed by atoms with E-state index in [0.717, 1.165) is 134 Å². The van der Waals surface area contributed by atoms with Crippen LogP contribution in [-0.2, 0) is 0 Å². The minimum atomic E-state index is 0.570. The van der Waals surface area contributed by atoms with E-state index in [1.807, 2.05) is 24.4 Å². The minimum Gasteiger partial charge on any atom is -0.435 e. The summed E-state index contributed by atoms with van der Waals surface area (Å²) in [6.07, 6.45) is 1.81. The number of benzene rings is 14. The van der Waals surface area contributed by atoms with Gasteiger partial charge in [-0.15, -0.1) is 0 Å². The third kappa shape index (κ3) is 9.86. The molecule has 0 fully saturated rings. The normalized spacial score (nSPS) is 11.6. The molecular formula is C88H54N4O2. The lowest BCUT2D eigenvalue weighted by Crippen LogP contribution is -1.94. The number of rotatable bonds is 11. The zero-order valence-electron chi connectivity index (χ0n) is 50.8. The summed E-state index contributed by atoms with van der Waals surface area (Å²) < 4.78 is 13.7. The van der Waals surface area contributed by atoms with Gasteiger partial charge >= 0.3 is 0 Å². The monoisotopic (exact) mass is 1200 g/mol. The van der Waals surface area contributed by atoms with Gasteiger partial charge in [0.1, 0.15) is 11.0 Å². The topological polar surface area (TPSA) is 77.8 Å². The lowest BCUT2D eigenvalue weighted by molar-refractivity contribution is 0.620. The van der Waals surface area contributed by atoms with Crippen molar-refractivity contribution >= 4 is 65.3 Å². The third-order valence-electron chi connectivity index (χ3n) is 18.4. The first-order chi connectivity index (χ1) is 46.5. The predicted molar refractivity (Wildman–Crippen MR) is 387 cm³/mol. The molecule has 18 rings (SSSR count). The second kappa shape index (κ2) is 22.7. The third-order valence-corrected chi connectivity index (χ3v) is 18.4. The molecule has 0 aliphatic rings. The lowest BCUT2D eigenvalue weighted by Gasteiger charge is -2.13. The first kappa shape index (κ1) is 54.3. The Morgan fingerprint density at radius 2 is 0.521 bits per heavy atom. The van der Waals surface area contributed by atoms with Gasteiger partial charge in [0.25, 0.3) is 0 Å². The fraction of sp³-hybridized carbons (Fsp3) is 0. The molecule has 6 nitrogen and oxygen atoms in total. The summed E-state index contributed by atoms with van der Waals surface area (Å²) in [6, 6.07) is 114. The van der Waals surface area contributed by atoms with Crippen LogP contribution in [0.4, 0.5) is 0 Å². The number of hydrogen-bond acceptors (Lipinski definition) is 6.